The van der Waals surface area contributed by atoms with Gasteiger partial charge in [-0.3, -0.25) is 0 Å². The smallest absolute Gasteiger partial charge is 0.414 e. The first-order valence-corrected chi connectivity index (χ1v) is 7.50. The van der Waals surface area contributed by atoms with Crippen molar-refractivity contribution in [3.8, 4) is 5.75 Å². The summed E-state index contributed by atoms with van der Waals surface area (Å²) in [7, 11) is 0. The van der Waals surface area contributed by atoms with Gasteiger partial charge in [0.05, 0.1) is 0 Å². The van der Waals surface area contributed by atoms with E-state index >= 15 is 0 Å². The first kappa shape index (κ1) is 17.7. The summed E-state index contributed by atoms with van der Waals surface area (Å²) in [5.74, 6) is -5.97. The van der Waals surface area contributed by atoms with Crippen LogP contribution in [-0.4, -0.2) is 12.1 Å². The van der Waals surface area contributed by atoms with Crippen molar-refractivity contribution in [2.24, 2.45) is 5.92 Å². The lowest BCUT2D eigenvalue weighted by Crippen LogP contribution is -2.28. The van der Waals surface area contributed by atoms with E-state index in [0.29, 0.717) is 11.5 Å². The Kier molecular flexibility index (Phi) is 5.26. The van der Waals surface area contributed by atoms with Gasteiger partial charge in [-0.15, -0.1) is 0 Å². The minimum Gasteiger partial charge on any atom is -0.414 e. The SMILES string of the molecule is CCC1CCC(c2cc(F)c(OC(=O)C(F)(F)F)c(F)c2)CC1. The number of carbonyl (C=O) groups is 1. The van der Waals surface area contributed by atoms with E-state index in [1.165, 1.54) is 0 Å². The third-order valence-corrected chi connectivity index (χ3v) is 4.34. The van der Waals surface area contributed by atoms with Crippen molar-refractivity contribution in [1.82, 2.24) is 0 Å². The molecule has 2 nitrogen and oxygen atoms in total. The van der Waals surface area contributed by atoms with Gasteiger partial charge in [-0.25, -0.2) is 13.6 Å². The van der Waals surface area contributed by atoms with E-state index in [1.807, 2.05) is 0 Å². The average molecular weight is 336 g/mol. The van der Waals surface area contributed by atoms with Crippen molar-refractivity contribution >= 4 is 5.97 Å². The normalized spacial score (nSPS) is 22.0. The Morgan fingerprint density at radius 1 is 1.13 bits per heavy atom. The molecule has 7 heteroatoms. The van der Waals surface area contributed by atoms with Gasteiger partial charge in [0.25, 0.3) is 0 Å². The topological polar surface area (TPSA) is 26.3 Å². The molecule has 0 saturated heterocycles. The molecule has 128 valence electrons. The maximum Gasteiger partial charge on any atom is 0.491 e. The van der Waals surface area contributed by atoms with Gasteiger partial charge in [0.1, 0.15) is 0 Å². The molecule has 23 heavy (non-hydrogen) atoms. The number of ether oxygens (including phenoxy) is 1. The quantitative estimate of drug-likeness (QED) is 0.435. The highest BCUT2D eigenvalue weighted by atomic mass is 19.4. The van der Waals surface area contributed by atoms with Gasteiger partial charge in [-0.2, -0.15) is 13.2 Å². The zero-order valence-corrected chi connectivity index (χ0v) is 12.6. The minimum absolute atomic E-state index is 0.0332. The molecule has 1 aliphatic rings. The molecule has 1 saturated carbocycles. The number of carbonyl (C=O) groups excluding carboxylic acids is 1. The lowest BCUT2D eigenvalue weighted by Gasteiger charge is -2.28. The van der Waals surface area contributed by atoms with Crippen molar-refractivity contribution in [3.05, 3.63) is 29.3 Å². The van der Waals surface area contributed by atoms with Crippen LogP contribution in [0.1, 0.15) is 50.5 Å². The molecule has 0 bridgehead atoms. The molecule has 1 aliphatic carbocycles. The van der Waals surface area contributed by atoms with Gasteiger partial charge >= 0.3 is 12.1 Å². The molecule has 1 aromatic carbocycles. The van der Waals surface area contributed by atoms with E-state index in [1.54, 1.807) is 0 Å². The molecule has 2 rings (SSSR count). The predicted molar refractivity (Wildman–Crippen MR) is 73.0 cm³/mol. The average Bonchev–Trinajstić information content (AvgIpc) is 2.49. The Balaban J connectivity index is 2.16. The van der Waals surface area contributed by atoms with Crippen LogP contribution in [-0.2, 0) is 4.79 Å². The van der Waals surface area contributed by atoms with Crippen LogP contribution in [0.3, 0.4) is 0 Å². The zero-order valence-electron chi connectivity index (χ0n) is 12.6. The van der Waals surface area contributed by atoms with E-state index in [0.717, 1.165) is 44.2 Å². The van der Waals surface area contributed by atoms with Crippen LogP contribution < -0.4 is 4.74 Å². The summed E-state index contributed by atoms with van der Waals surface area (Å²) < 4.78 is 67.9. The van der Waals surface area contributed by atoms with Crippen molar-refractivity contribution < 1.29 is 31.5 Å². The monoisotopic (exact) mass is 336 g/mol. The fraction of sp³-hybridized carbons (Fsp3) is 0.562. The molecule has 0 amide bonds. The van der Waals surface area contributed by atoms with Crippen LogP contribution in [0.5, 0.6) is 5.75 Å². The lowest BCUT2D eigenvalue weighted by molar-refractivity contribution is -0.190. The van der Waals surface area contributed by atoms with Crippen molar-refractivity contribution in [1.29, 1.82) is 0 Å². The zero-order chi connectivity index (χ0) is 17.2. The van der Waals surface area contributed by atoms with Gasteiger partial charge in [-0.05, 0) is 55.2 Å². The molecule has 0 heterocycles. The second-order valence-electron chi connectivity index (χ2n) is 5.83. The molecule has 0 N–H and O–H groups in total. The van der Waals surface area contributed by atoms with Gasteiger partial charge in [-0.1, -0.05) is 13.3 Å². The van der Waals surface area contributed by atoms with Crippen LogP contribution in [0.25, 0.3) is 0 Å². The maximum absolute atomic E-state index is 13.9. The Morgan fingerprint density at radius 2 is 1.65 bits per heavy atom. The molecule has 1 aromatic rings. The number of halogens is 5. The molecule has 0 atom stereocenters. The first-order chi connectivity index (χ1) is 10.7. The van der Waals surface area contributed by atoms with Gasteiger partial charge in [0, 0.05) is 0 Å². The predicted octanol–water partition coefficient (Wildman–Crippen LogP) is 5.12. The summed E-state index contributed by atoms with van der Waals surface area (Å²) in [6, 6.07) is 1.91. The van der Waals surface area contributed by atoms with E-state index in [4.69, 9.17) is 0 Å². The minimum atomic E-state index is -5.31. The van der Waals surface area contributed by atoms with E-state index in [9.17, 15) is 26.7 Å². The second kappa shape index (κ2) is 6.84. The van der Waals surface area contributed by atoms with Crippen molar-refractivity contribution in [3.63, 3.8) is 0 Å². The highest BCUT2D eigenvalue weighted by Gasteiger charge is 2.42. The van der Waals surface area contributed by atoms with E-state index < -0.39 is 29.5 Å². The number of hydrogen-bond donors (Lipinski definition) is 0. The molecule has 1 fully saturated rings. The third kappa shape index (κ3) is 4.20. The molecule has 0 spiro atoms. The van der Waals surface area contributed by atoms with Crippen LogP contribution in [0.15, 0.2) is 12.1 Å². The number of benzene rings is 1. The molecule has 0 unspecified atom stereocenters. The van der Waals surface area contributed by atoms with Gasteiger partial charge < -0.3 is 4.74 Å². The summed E-state index contributed by atoms with van der Waals surface area (Å²) in [5, 5.41) is 0. The molecule has 0 aliphatic heterocycles. The highest BCUT2D eigenvalue weighted by Crippen LogP contribution is 2.38. The second-order valence-corrected chi connectivity index (χ2v) is 5.83. The fourth-order valence-electron chi connectivity index (χ4n) is 2.97. The van der Waals surface area contributed by atoms with Crippen molar-refractivity contribution in [2.75, 3.05) is 0 Å². The van der Waals surface area contributed by atoms with Gasteiger partial charge in [0.2, 0.25) is 5.75 Å². The number of hydrogen-bond acceptors (Lipinski definition) is 2. The summed E-state index contributed by atoms with van der Waals surface area (Å²) in [4.78, 5) is 10.7. The van der Waals surface area contributed by atoms with E-state index in [2.05, 4.69) is 11.7 Å². The van der Waals surface area contributed by atoms with Gasteiger partial charge in [0.15, 0.2) is 11.6 Å². The summed E-state index contributed by atoms with van der Waals surface area (Å²) in [5.41, 5.74) is 0.390. The molecule has 0 aromatic heterocycles. The Morgan fingerprint density at radius 3 is 2.09 bits per heavy atom. The van der Waals surface area contributed by atoms with E-state index in [-0.39, 0.29) is 5.92 Å². The largest absolute Gasteiger partial charge is 0.491 e. The summed E-state index contributed by atoms with van der Waals surface area (Å²) in [6.07, 6.45) is -0.791. The molecular weight excluding hydrogens is 319 g/mol. The number of rotatable bonds is 3. The van der Waals surface area contributed by atoms with Crippen LogP contribution in [0.4, 0.5) is 22.0 Å². The number of alkyl halides is 3. The lowest BCUT2D eigenvalue weighted by atomic mass is 9.78. The Hall–Kier alpha value is -1.66. The third-order valence-electron chi connectivity index (χ3n) is 4.34. The highest BCUT2D eigenvalue weighted by molar-refractivity contribution is 5.78. The first-order valence-electron chi connectivity index (χ1n) is 7.50. The van der Waals surface area contributed by atoms with Crippen LogP contribution >= 0.6 is 0 Å². The Bertz CT molecular complexity index is 551. The van der Waals surface area contributed by atoms with Crippen LogP contribution in [0.2, 0.25) is 0 Å². The maximum atomic E-state index is 13.9. The molecule has 0 radical (unpaired) electrons. The summed E-state index contributed by atoms with van der Waals surface area (Å²) >= 11 is 0. The van der Waals surface area contributed by atoms with Crippen molar-refractivity contribution in [2.45, 2.75) is 51.1 Å². The Labute approximate surface area is 130 Å². The number of esters is 1. The molecular formula is C16H17F5O2. The fourth-order valence-corrected chi connectivity index (χ4v) is 2.97. The van der Waals surface area contributed by atoms with Crippen LogP contribution in [0, 0.1) is 17.6 Å². The summed E-state index contributed by atoms with van der Waals surface area (Å²) in [6.45, 7) is 2.09. The standard InChI is InChI=1S/C16H17F5O2/c1-2-9-3-5-10(6-4-9)11-7-12(17)14(13(18)8-11)23-15(22)16(19,20)21/h7-10H,2-6H2,1H3.